The third kappa shape index (κ3) is 2.80. The summed E-state index contributed by atoms with van der Waals surface area (Å²) in [5.74, 6) is 0. The Balaban J connectivity index is 1.53. The predicted octanol–water partition coefficient (Wildman–Crippen LogP) is 4.02. The fourth-order valence-electron chi connectivity index (χ4n) is 3.59. The van der Waals surface area contributed by atoms with Crippen LogP contribution in [0.4, 0.5) is 0 Å². The lowest BCUT2D eigenvalue weighted by molar-refractivity contribution is -0.0861. The topological polar surface area (TPSA) is 27.7 Å². The highest BCUT2D eigenvalue weighted by Crippen LogP contribution is 2.43. The SMILES string of the molecule is CC[C@H]1O[C@@H]2c3ccccc3CO[C@@H]2[C@H]1OCc1ccccc1. The molecule has 0 saturated carbocycles. The highest BCUT2D eigenvalue weighted by atomic mass is 16.6. The molecule has 1 saturated heterocycles. The van der Waals surface area contributed by atoms with Crippen molar-refractivity contribution in [3.63, 3.8) is 0 Å². The van der Waals surface area contributed by atoms with E-state index in [1.165, 1.54) is 16.7 Å². The van der Waals surface area contributed by atoms with E-state index < -0.39 is 0 Å². The highest BCUT2D eigenvalue weighted by molar-refractivity contribution is 5.32. The van der Waals surface area contributed by atoms with E-state index >= 15 is 0 Å². The van der Waals surface area contributed by atoms with Crippen LogP contribution in [0.15, 0.2) is 54.6 Å². The van der Waals surface area contributed by atoms with Crippen LogP contribution < -0.4 is 0 Å². The average molecular weight is 310 g/mol. The molecule has 3 nitrogen and oxygen atoms in total. The second-order valence-corrected chi connectivity index (χ2v) is 6.24. The minimum absolute atomic E-state index is 0.00864. The molecular weight excluding hydrogens is 288 g/mol. The van der Waals surface area contributed by atoms with Crippen LogP contribution in [0.5, 0.6) is 0 Å². The number of benzene rings is 2. The quantitative estimate of drug-likeness (QED) is 0.853. The Morgan fingerprint density at radius 2 is 1.83 bits per heavy atom. The van der Waals surface area contributed by atoms with Crippen molar-refractivity contribution in [1.29, 1.82) is 0 Å². The zero-order chi connectivity index (χ0) is 15.6. The van der Waals surface area contributed by atoms with Crippen molar-refractivity contribution >= 4 is 0 Å². The Hall–Kier alpha value is -1.68. The van der Waals surface area contributed by atoms with Gasteiger partial charge in [0.1, 0.15) is 18.3 Å². The molecule has 0 spiro atoms. The molecule has 2 aromatic rings. The average Bonchev–Trinajstić information content (AvgIpc) is 2.99. The summed E-state index contributed by atoms with van der Waals surface area (Å²) in [5, 5.41) is 0. The molecule has 2 aromatic carbocycles. The number of hydrogen-bond donors (Lipinski definition) is 0. The maximum atomic E-state index is 6.29. The van der Waals surface area contributed by atoms with Crippen molar-refractivity contribution < 1.29 is 14.2 Å². The Kier molecular flexibility index (Phi) is 4.17. The summed E-state index contributed by atoms with van der Waals surface area (Å²) in [4.78, 5) is 0. The second kappa shape index (κ2) is 6.44. The lowest BCUT2D eigenvalue weighted by Crippen LogP contribution is -2.37. The van der Waals surface area contributed by atoms with Crippen LogP contribution in [-0.4, -0.2) is 18.3 Å². The fraction of sp³-hybridized carbons (Fsp3) is 0.400. The first-order chi connectivity index (χ1) is 11.4. The molecule has 4 rings (SSSR count). The molecule has 4 atom stereocenters. The van der Waals surface area contributed by atoms with Crippen LogP contribution in [-0.2, 0) is 27.4 Å². The summed E-state index contributed by atoms with van der Waals surface area (Å²) >= 11 is 0. The van der Waals surface area contributed by atoms with Gasteiger partial charge in [0.15, 0.2) is 0 Å². The summed E-state index contributed by atoms with van der Waals surface area (Å²) in [7, 11) is 0. The van der Waals surface area contributed by atoms with Crippen LogP contribution in [0.25, 0.3) is 0 Å². The maximum Gasteiger partial charge on any atom is 0.117 e. The van der Waals surface area contributed by atoms with Gasteiger partial charge in [0.05, 0.1) is 19.3 Å². The van der Waals surface area contributed by atoms with Gasteiger partial charge < -0.3 is 14.2 Å². The molecule has 120 valence electrons. The van der Waals surface area contributed by atoms with Gasteiger partial charge >= 0.3 is 0 Å². The molecule has 0 aromatic heterocycles. The standard InChI is InChI=1S/C20H22O3/c1-2-17-19(21-12-14-8-4-3-5-9-14)20-18(23-17)16-11-7-6-10-15(16)13-22-20/h3-11,17-20H,2,12-13H2,1H3/t17-,18-,19+,20+/m1/s1. The third-order valence-corrected chi connectivity index (χ3v) is 4.79. The molecule has 23 heavy (non-hydrogen) atoms. The van der Waals surface area contributed by atoms with Gasteiger partial charge in [-0.3, -0.25) is 0 Å². The first-order valence-electron chi connectivity index (χ1n) is 8.37. The largest absolute Gasteiger partial charge is 0.368 e. The maximum absolute atomic E-state index is 6.29. The lowest BCUT2D eigenvalue weighted by Gasteiger charge is -2.30. The van der Waals surface area contributed by atoms with Crippen molar-refractivity contribution in [1.82, 2.24) is 0 Å². The molecule has 0 bridgehead atoms. The molecular formula is C20H22O3. The Morgan fingerprint density at radius 3 is 2.65 bits per heavy atom. The Morgan fingerprint density at radius 1 is 1.04 bits per heavy atom. The number of hydrogen-bond acceptors (Lipinski definition) is 3. The molecule has 2 heterocycles. The van der Waals surface area contributed by atoms with E-state index in [1.54, 1.807) is 0 Å². The highest BCUT2D eigenvalue weighted by Gasteiger charge is 2.48. The van der Waals surface area contributed by atoms with Gasteiger partial charge in [-0.1, -0.05) is 61.5 Å². The molecule has 2 aliphatic rings. The Labute approximate surface area is 137 Å². The van der Waals surface area contributed by atoms with Gasteiger partial charge in [0.2, 0.25) is 0 Å². The molecule has 1 fully saturated rings. The van der Waals surface area contributed by atoms with Crippen molar-refractivity contribution in [3.05, 3.63) is 71.3 Å². The van der Waals surface area contributed by atoms with E-state index in [0.29, 0.717) is 13.2 Å². The second-order valence-electron chi connectivity index (χ2n) is 6.24. The summed E-state index contributed by atoms with van der Waals surface area (Å²) in [6.45, 7) is 3.38. The summed E-state index contributed by atoms with van der Waals surface area (Å²) in [6.07, 6.45) is 0.973. The van der Waals surface area contributed by atoms with Gasteiger partial charge in [0, 0.05) is 0 Å². The lowest BCUT2D eigenvalue weighted by atomic mass is 9.94. The Bertz CT molecular complexity index is 655. The predicted molar refractivity (Wildman–Crippen MR) is 87.9 cm³/mol. The van der Waals surface area contributed by atoms with Crippen LogP contribution in [0.2, 0.25) is 0 Å². The van der Waals surface area contributed by atoms with Crippen molar-refractivity contribution in [2.75, 3.05) is 0 Å². The van der Waals surface area contributed by atoms with E-state index in [4.69, 9.17) is 14.2 Å². The van der Waals surface area contributed by atoms with Crippen LogP contribution >= 0.6 is 0 Å². The molecule has 0 radical (unpaired) electrons. The number of fused-ring (bicyclic) bond motifs is 3. The van der Waals surface area contributed by atoms with Gasteiger partial charge in [-0.25, -0.2) is 0 Å². The molecule has 0 N–H and O–H groups in total. The van der Waals surface area contributed by atoms with Crippen molar-refractivity contribution in [2.24, 2.45) is 0 Å². The zero-order valence-corrected chi connectivity index (χ0v) is 13.4. The van der Waals surface area contributed by atoms with E-state index in [1.807, 2.05) is 18.2 Å². The van der Waals surface area contributed by atoms with E-state index in [2.05, 4.69) is 43.3 Å². The van der Waals surface area contributed by atoms with Crippen LogP contribution in [0.3, 0.4) is 0 Å². The van der Waals surface area contributed by atoms with Gasteiger partial charge in [-0.2, -0.15) is 0 Å². The van der Waals surface area contributed by atoms with E-state index in [9.17, 15) is 0 Å². The summed E-state index contributed by atoms with van der Waals surface area (Å²) < 4.78 is 18.6. The van der Waals surface area contributed by atoms with E-state index in [0.717, 1.165) is 6.42 Å². The first kappa shape index (κ1) is 14.9. The normalized spacial score (nSPS) is 29.1. The molecule has 0 amide bonds. The van der Waals surface area contributed by atoms with Crippen molar-refractivity contribution in [3.8, 4) is 0 Å². The van der Waals surface area contributed by atoms with Gasteiger partial charge in [-0.15, -0.1) is 0 Å². The van der Waals surface area contributed by atoms with Crippen LogP contribution in [0.1, 0.15) is 36.1 Å². The monoisotopic (exact) mass is 310 g/mol. The minimum atomic E-state index is -0.0152. The number of ether oxygens (including phenoxy) is 3. The smallest absolute Gasteiger partial charge is 0.117 e. The van der Waals surface area contributed by atoms with Crippen LogP contribution in [0, 0.1) is 0 Å². The van der Waals surface area contributed by atoms with Crippen molar-refractivity contribution in [2.45, 2.75) is 51.0 Å². The third-order valence-electron chi connectivity index (χ3n) is 4.79. The molecule has 3 heteroatoms. The first-order valence-corrected chi connectivity index (χ1v) is 8.37. The fourth-order valence-corrected chi connectivity index (χ4v) is 3.59. The minimum Gasteiger partial charge on any atom is -0.368 e. The molecule has 0 aliphatic carbocycles. The summed E-state index contributed by atoms with van der Waals surface area (Å²) in [5.41, 5.74) is 3.67. The van der Waals surface area contributed by atoms with Gasteiger partial charge in [0.25, 0.3) is 0 Å². The molecule has 0 unspecified atom stereocenters. The van der Waals surface area contributed by atoms with Gasteiger partial charge in [-0.05, 0) is 23.1 Å². The summed E-state index contributed by atoms with van der Waals surface area (Å²) in [6, 6.07) is 18.7. The zero-order valence-electron chi connectivity index (χ0n) is 13.4. The number of rotatable bonds is 4. The molecule has 2 aliphatic heterocycles. The van der Waals surface area contributed by atoms with E-state index in [-0.39, 0.29) is 24.4 Å².